The molecular weight excluding hydrogens is 137 g/mol. The fourth-order valence-corrected chi connectivity index (χ4v) is 1.75. The zero-order chi connectivity index (χ0) is 6.69. The molecule has 54 valence electrons. The van der Waals surface area contributed by atoms with Crippen LogP contribution in [0.3, 0.4) is 0 Å². The summed E-state index contributed by atoms with van der Waals surface area (Å²) in [4.78, 5) is 0. The summed E-state index contributed by atoms with van der Waals surface area (Å²) >= 11 is 1.77. The minimum atomic E-state index is -0.595. The van der Waals surface area contributed by atoms with E-state index >= 15 is 0 Å². The van der Waals surface area contributed by atoms with Crippen molar-refractivity contribution < 1.29 is 4.39 Å². The minimum Gasteiger partial charge on any atom is -0.310 e. The number of hydrogen-bond donors (Lipinski definition) is 1. The van der Waals surface area contributed by atoms with Crippen molar-refractivity contribution in [1.82, 2.24) is 5.32 Å². The molecule has 0 aromatic rings. The molecule has 1 N–H and O–H groups in total. The Kier molecular flexibility index (Phi) is 2.79. The van der Waals surface area contributed by atoms with E-state index in [0.29, 0.717) is 19.0 Å². The Morgan fingerprint density at radius 2 is 2.56 bits per heavy atom. The van der Waals surface area contributed by atoms with Crippen LogP contribution in [-0.4, -0.2) is 30.8 Å². The van der Waals surface area contributed by atoms with Crippen molar-refractivity contribution in [2.45, 2.75) is 18.6 Å². The largest absolute Gasteiger partial charge is 0.310 e. The summed E-state index contributed by atoms with van der Waals surface area (Å²) < 4.78 is 12.4. The highest BCUT2D eigenvalue weighted by Gasteiger charge is 2.22. The van der Waals surface area contributed by atoms with Crippen LogP contribution >= 0.6 is 11.8 Å². The Bertz CT molecular complexity index is 87.1. The fraction of sp³-hybridized carbons (Fsp3) is 1.00. The number of nitrogens with one attached hydrogen (secondary N) is 1. The van der Waals surface area contributed by atoms with E-state index in [9.17, 15) is 4.39 Å². The molecule has 0 amide bonds. The van der Waals surface area contributed by atoms with Crippen LogP contribution in [0.4, 0.5) is 4.39 Å². The van der Waals surface area contributed by atoms with Crippen LogP contribution in [0.1, 0.15) is 6.42 Å². The number of thioether (sulfide) groups is 1. The summed E-state index contributed by atoms with van der Waals surface area (Å²) in [7, 11) is 0. The van der Waals surface area contributed by atoms with Crippen molar-refractivity contribution in [2.75, 3.05) is 18.6 Å². The van der Waals surface area contributed by atoms with Gasteiger partial charge >= 0.3 is 0 Å². The monoisotopic (exact) mass is 149 g/mol. The number of alkyl halides is 1. The average molecular weight is 149 g/mol. The molecule has 1 saturated heterocycles. The van der Waals surface area contributed by atoms with Crippen LogP contribution in [0.5, 0.6) is 0 Å². The molecule has 0 aliphatic carbocycles. The zero-order valence-corrected chi connectivity index (χ0v) is 6.38. The van der Waals surface area contributed by atoms with Gasteiger partial charge in [-0.2, -0.15) is 11.8 Å². The summed E-state index contributed by atoms with van der Waals surface area (Å²) in [6.07, 6.45) is 2.16. The maximum Gasteiger partial charge on any atom is 0.114 e. The molecule has 0 aromatic heterocycles. The van der Waals surface area contributed by atoms with Crippen molar-refractivity contribution >= 4 is 11.8 Å². The fourth-order valence-electron chi connectivity index (χ4n) is 1.10. The lowest BCUT2D eigenvalue weighted by atomic mass is 10.2. The molecule has 0 spiro atoms. The SMILES string of the molecule is CSCC1CC(F)CN1. The van der Waals surface area contributed by atoms with Crippen molar-refractivity contribution in [3.63, 3.8) is 0 Å². The van der Waals surface area contributed by atoms with Crippen LogP contribution in [0.2, 0.25) is 0 Å². The second kappa shape index (κ2) is 3.42. The Hall–Kier alpha value is 0.240. The quantitative estimate of drug-likeness (QED) is 0.630. The highest BCUT2D eigenvalue weighted by atomic mass is 32.2. The van der Waals surface area contributed by atoms with Crippen molar-refractivity contribution in [1.29, 1.82) is 0 Å². The van der Waals surface area contributed by atoms with Crippen molar-refractivity contribution in [3.8, 4) is 0 Å². The second-order valence-electron chi connectivity index (χ2n) is 2.39. The summed E-state index contributed by atoms with van der Waals surface area (Å²) in [5.74, 6) is 1.04. The smallest absolute Gasteiger partial charge is 0.114 e. The predicted molar refractivity (Wildman–Crippen MR) is 39.7 cm³/mol. The first-order chi connectivity index (χ1) is 4.33. The molecular formula is C6H12FNS. The van der Waals surface area contributed by atoms with E-state index in [1.807, 2.05) is 6.26 Å². The van der Waals surface area contributed by atoms with Gasteiger partial charge < -0.3 is 5.32 Å². The molecule has 9 heavy (non-hydrogen) atoms. The summed E-state index contributed by atoms with van der Waals surface area (Å²) in [5.41, 5.74) is 0. The van der Waals surface area contributed by atoms with E-state index in [1.54, 1.807) is 11.8 Å². The van der Waals surface area contributed by atoms with Crippen LogP contribution < -0.4 is 5.32 Å². The molecule has 1 aliphatic heterocycles. The van der Waals surface area contributed by atoms with E-state index < -0.39 is 6.17 Å². The van der Waals surface area contributed by atoms with E-state index in [4.69, 9.17) is 0 Å². The highest BCUT2D eigenvalue weighted by molar-refractivity contribution is 7.98. The first-order valence-corrected chi connectivity index (χ1v) is 4.58. The molecule has 1 rings (SSSR count). The van der Waals surface area contributed by atoms with E-state index in [1.165, 1.54) is 0 Å². The number of halogens is 1. The average Bonchev–Trinajstić information content (AvgIpc) is 2.17. The molecule has 1 nitrogen and oxygen atoms in total. The van der Waals surface area contributed by atoms with E-state index in [0.717, 1.165) is 5.75 Å². The predicted octanol–water partition coefficient (Wildman–Crippen LogP) is 1.05. The van der Waals surface area contributed by atoms with Gasteiger partial charge in [0.25, 0.3) is 0 Å². The molecule has 0 bridgehead atoms. The zero-order valence-electron chi connectivity index (χ0n) is 5.56. The van der Waals surface area contributed by atoms with Crippen LogP contribution in [0, 0.1) is 0 Å². The maximum atomic E-state index is 12.4. The first-order valence-electron chi connectivity index (χ1n) is 3.19. The normalized spacial score (nSPS) is 35.3. The van der Waals surface area contributed by atoms with Crippen LogP contribution in [-0.2, 0) is 0 Å². The summed E-state index contributed by atoms with van der Waals surface area (Å²) in [6, 6.07) is 0.426. The Labute approximate surface area is 59.4 Å². The lowest BCUT2D eigenvalue weighted by Crippen LogP contribution is -2.23. The third-order valence-corrected chi connectivity index (χ3v) is 2.27. The summed E-state index contributed by atoms with van der Waals surface area (Å²) in [5, 5.41) is 3.11. The molecule has 3 heteroatoms. The number of rotatable bonds is 2. The van der Waals surface area contributed by atoms with Gasteiger partial charge in [-0.25, -0.2) is 4.39 Å². The third-order valence-electron chi connectivity index (χ3n) is 1.54. The highest BCUT2D eigenvalue weighted by Crippen LogP contribution is 2.12. The van der Waals surface area contributed by atoms with Gasteiger partial charge in [-0.1, -0.05) is 0 Å². The molecule has 0 radical (unpaired) electrons. The molecule has 2 atom stereocenters. The van der Waals surface area contributed by atoms with E-state index in [2.05, 4.69) is 5.32 Å². The van der Waals surface area contributed by atoms with E-state index in [-0.39, 0.29) is 0 Å². The maximum absolute atomic E-state index is 12.4. The standard InChI is InChI=1S/C6H12FNS/c1-9-4-6-2-5(7)3-8-6/h5-6,8H,2-4H2,1H3. The third kappa shape index (κ3) is 2.14. The van der Waals surface area contributed by atoms with Gasteiger partial charge in [0.15, 0.2) is 0 Å². The summed E-state index contributed by atoms with van der Waals surface area (Å²) in [6.45, 7) is 0.561. The first kappa shape index (κ1) is 7.35. The van der Waals surface area contributed by atoms with Gasteiger partial charge in [0.1, 0.15) is 6.17 Å². The Morgan fingerprint density at radius 1 is 1.78 bits per heavy atom. The Balaban J connectivity index is 2.14. The van der Waals surface area contributed by atoms with Gasteiger partial charge in [-0.15, -0.1) is 0 Å². The van der Waals surface area contributed by atoms with Gasteiger partial charge in [-0.05, 0) is 12.7 Å². The molecule has 0 saturated carbocycles. The molecule has 1 heterocycles. The van der Waals surface area contributed by atoms with Gasteiger partial charge in [0, 0.05) is 18.3 Å². The van der Waals surface area contributed by atoms with Crippen LogP contribution in [0.15, 0.2) is 0 Å². The van der Waals surface area contributed by atoms with Gasteiger partial charge in [0.2, 0.25) is 0 Å². The van der Waals surface area contributed by atoms with Gasteiger partial charge in [-0.3, -0.25) is 0 Å². The lowest BCUT2D eigenvalue weighted by molar-refractivity contribution is 0.357. The van der Waals surface area contributed by atoms with Gasteiger partial charge in [0.05, 0.1) is 0 Å². The number of hydrogen-bond acceptors (Lipinski definition) is 2. The minimum absolute atomic E-state index is 0.426. The van der Waals surface area contributed by atoms with Crippen molar-refractivity contribution in [2.24, 2.45) is 0 Å². The lowest BCUT2D eigenvalue weighted by Gasteiger charge is -2.04. The second-order valence-corrected chi connectivity index (χ2v) is 3.30. The Morgan fingerprint density at radius 3 is 3.00 bits per heavy atom. The molecule has 2 unspecified atom stereocenters. The molecule has 0 aromatic carbocycles. The molecule has 1 aliphatic rings. The topological polar surface area (TPSA) is 12.0 Å². The van der Waals surface area contributed by atoms with Crippen molar-refractivity contribution in [3.05, 3.63) is 0 Å². The van der Waals surface area contributed by atoms with Crippen LogP contribution in [0.25, 0.3) is 0 Å². The molecule has 1 fully saturated rings.